The summed E-state index contributed by atoms with van der Waals surface area (Å²) >= 11 is 0. The fourth-order valence-corrected chi connectivity index (χ4v) is 2.89. The monoisotopic (exact) mass is 284 g/mol. The van der Waals surface area contributed by atoms with Crippen LogP contribution in [-0.4, -0.2) is 21.1 Å². The molecule has 0 aliphatic heterocycles. The van der Waals surface area contributed by atoms with E-state index in [1.807, 2.05) is 12.5 Å². The van der Waals surface area contributed by atoms with Gasteiger partial charge >= 0.3 is 0 Å². The van der Waals surface area contributed by atoms with Crippen molar-refractivity contribution in [1.82, 2.24) is 19.9 Å². The Bertz CT molecular complexity index is 601. The van der Waals surface area contributed by atoms with Gasteiger partial charge in [-0.3, -0.25) is 4.98 Å². The molecule has 1 aliphatic carbocycles. The Labute approximate surface area is 126 Å². The third-order valence-corrected chi connectivity index (χ3v) is 3.97. The lowest BCUT2D eigenvalue weighted by atomic mass is 10.0. The maximum atomic E-state index is 4.58. The van der Waals surface area contributed by atoms with Crippen molar-refractivity contribution in [1.29, 1.82) is 0 Å². The summed E-state index contributed by atoms with van der Waals surface area (Å²) in [5, 5.41) is 3.45. The second kappa shape index (κ2) is 6.39. The lowest BCUT2D eigenvalue weighted by molar-refractivity contribution is 0.548. The molecule has 0 saturated heterocycles. The van der Waals surface area contributed by atoms with Gasteiger partial charge in [-0.2, -0.15) is 0 Å². The zero-order chi connectivity index (χ0) is 14.7. The fourth-order valence-electron chi connectivity index (χ4n) is 2.89. The summed E-state index contributed by atoms with van der Waals surface area (Å²) < 4.78 is 2.24. The number of aromatic nitrogens is 3. The first-order chi connectivity index (χ1) is 10.2. The van der Waals surface area contributed by atoms with Crippen molar-refractivity contribution in [2.24, 2.45) is 5.92 Å². The average Bonchev–Trinajstić information content (AvgIpc) is 2.91. The van der Waals surface area contributed by atoms with E-state index in [4.69, 9.17) is 0 Å². The number of fused-ring (bicyclic) bond motifs is 1. The summed E-state index contributed by atoms with van der Waals surface area (Å²) in [6.07, 6.45) is 8.67. The number of hydrogen-bond donors (Lipinski definition) is 1. The summed E-state index contributed by atoms with van der Waals surface area (Å²) in [6, 6.07) is 4.24. The number of nitrogens with zero attached hydrogens (tertiary/aromatic N) is 3. The largest absolute Gasteiger partial charge is 0.311 e. The number of nitrogens with one attached hydrogen (secondary N) is 1. The minimum Gasteiger partial charge on any atom is -0.311 e. The van der Waals surface area contributed by atoms with Gasteiger partial charge in [-0.1, -0.05) is 13.8 Å². The predicted molar refractivity (Wildman–Crippen MR) is 84.5 cm³/mol. The Hall–Kier alpha value is -1.68. The number of aryl methyl sites for hydroxylation is 1. The summed E-state index contributed by atoms with van der Waals surface area (Å²) in [4.78, 5) is 9.04. The molecular formula is C17H24N4. The van der Waals surface area contributed by atoms with Gasteiger partial charge in [0.25, 0.3) is 0 Å². The van der Waals surface area contributed by atoms with Crippen molar-refractivity contribution in [3.05, 3.63) is 41.7 Å². The molecule has 0 aromatic carbocycles. The second-order valence-corrected chi connectivity index (χ2v) is 6.25. The van der Waals surface area contributed by atoms with E-state index >= 15 is 0 Å². The summed E-state index contributed by atoms with van der Waals surface area (Å²) in [7, 11) is 0. The molecule has 0 spiro atoms. The van der Waals surface area contributed by atoms with Crippen LogP contribution in [0.1, 0.15) is 43.8 Å². The number of imidazole rings is 1. The summed E-state index contributed by atoms with van der Waals surface area (Å²) in [6.45, 7) is 6.28. The molecule has 3 rings (SSSR count). The van der Waals surface area contributed by atoms with E-state index in [1.165, 1.54) is 29.9 Å². The average molecular weight is 284 g/mol. The van der Waals surface area contributed by atoms with Gasteiger partial charge in [-0.15, -0.1) is 0 Å². The highest BCUT2D eigenvalue weighted by Crippen LogP contribution is 2.23. The molecule has 0 bridgehead atoms. The standard InChI is InChI=1S/C17H24N4/c1-13(2)10-18-11-14-9-15(7-8-19-14)21-12-20-16-5-3-4-6-17(16)21/h7-9,12-13,18H,3-6,10-11H2,1-2H3. The molecule has 0 atom stereocenters. The molecule has 4 nitrogen and oxygen atoms in total. The van der Waals surface area contributed by atoms with Gasteiger partial charge in [-0.25, -0.2) is 4.98 Å². The summed E-state index contributed by atoms with van der Waals surface area (Å²) in [5.74, 6) is 0.661. The van der Waals surface area contributed by atoms with Crippen molar-refractivity contribution in [3.63, 3.8) is 0 Å². The Morgan fingerprint density at radius 2 is 2.10 bits per heavy atom. The molecule has 2 heterocycles. The van der Waals surface area contributed by atoms with Crippen LogP contribution in [0.2, 0.25) is 0 Å². The van der Waals surface area contributed by atoms with E-state index < -0.39 is 0 Å². The smallest absolute Gasteiger partial charge is 0.0997 e. The van der Waals surface area contributed by atoms with E-state index in [0.29, 0.717) is 5.92 Å². The molecule has 21 heavy (non-hydrogen) atoms. The molecule has 0 radical (unpaired) electrons. The highest BCUT2D eigenvalue weighted by molar-refractivity contribution is 5.36. The molecule has 2 aromatic rings. The topological polar surface area (TPSA) is 42.7 Å². The van der Waals surface area contributed by atoms with Crippen molar-refractivity contribution < 1.29 is 0 Å². The van der Waals surface area contributed by atoms with Crippen LogP contribution >= 0.6 is 0 Å². The van der Waals surface area contributed by atoms with E-state index in [0.717, 1.165) is 31.6 Å². The van der Waals surface area contributed by atoms with E-state index in [2.05, 4.69) is 45.8 Å². The van der Waals surface area contributed by atoms with Gasteiger partial charge in [0.1, 0.15) is 0 Å². The van der Waals surface area contributed by atoms with E-state index in [9.17, 15) is 0 Å². The summed E-state index contributed by atoms with van der Waals surface area (Å²) in [5.41, 5.74) is 4.93. The van der Waals surface area contributed by atoms with Gasteiger partial charge in [0.05, 0.1) is 23.4 Å². The van der Waals surface area contributed by atoms with Crippen LogP contribution in [0.15, 0.2) is 24.7 Å². The maximum Gasteiger partial charge on any atom is 0.0997 e. The van der Waals surface area contributed by atoms with Crippen LogP contribution in [0.3, 0.4) is 0 Å². The van der Waals surface area contributed by atoms with Gasteiger partial charge in [0, 0.05) is 18.4 Å². The fraction of sp³-hybridized carbons (Fsp3) is 0.529. The Kier molecular flexibility index (Phi) is 4.34. The van der Waals surface area contributed by atoms with Crippen LogP contribution < -0.4 is 5.32 Å². The van der Waals surface area contributed by atoms with Crippen LogP contribution in [0.25, 0.3) is 5.69 Å². The quantitative estimate of drug-likeness (QED) is 0.918. The second-order valence-electron chi connectivity index (χ2n) is 6.25. The normalized spacial score (nSPS) is 14.4. The van der Waals surface area contributed by atoms with Gasteiger partial charge in [0.2, 0.25) is 0 Å². The Balaban J connectivity index is 1.78. The molecule has 0 fully saturated rings. The molecule has 112 valence electrons. The molecule has 0 amide bonds. The first-order valence-corrected chi connectivity index (χ1v) is 7.95. The highest BCUT2D eigenvalue weighted by atomic mass is 15.1. The van der Waals surface area contributed by atoms with Crippen LogP contribution in [0, 0.1) is 5.92 Å². The lowest BCUT2D eigenvalue weighted by Gasteiger charge is -2.14. The van der Waals surface area contributed by atoms with Crippen molar-refractivity contribution in [3.8, 4) is 5.69 Å². The number of rotatable bonds is 5. The van der Waals surface area contributed by atoms with Crippen LogP contribution in [-0.2, 0) is 19.4 Å². The molecule has 4 heteroatoms. The van der Waals surface area contributed by atoms with Crippen molar-refractivity contribution in [2.75, 3.05) is 6.54 Å². The van der Waals surface area contributed by atoms with E-state index in [-0.39, 0.29) is 0 Å². The van der Waals surface area contributed by atoms with Crippen LogP contribution in [0.4, 0.5) is 0 Å². The SMILES string of the molecule is CC(C)CNCc1cc(-n2cnc3c2CCCC3)ccn1. The minimum absolute atomic E-state index is 0.661. The molecular weight excluding hydrogens is 260 g/mol. The third kappa shape index (κ3) is 3.32. The number of hydrogen-bond acceptors (Lipinski definition) is 3. The van der Waals surface area contributed by atoms with Gasteiger partial charge < -0.3 is 9.88 Å². The first-order valence-electron chi connectivity index (χ1n) is 7.95. The molecule has 1 N–H and O–H groups in total. The molecule has 0 saturated carbocycles. The number of pyridine rings is 1. The zero-order valence-corrected chi connectivity index (χ0v) is 13.0. The van der Waals surface area contributed by atoms with Gasteiger partial charge in [-0.05, 0) is 50.3 Å². The molecule has 2 aromatic heterocycles. The Morgan fingerprint density at radius 3 is 2.95 bits per heavy atom. The highest BCUT2D eigenvalue weighted by Gasteiger charge is 2.16. The van der Waals surface area contributed by atoms with Crippen molar-refractivity contribution >= 4 is 0 Å². The third-order valence-electron chi connectivity index (χ3n) is 3.97. The lowest BCUT2D eigenvalue weighted by Crippen LogP contribution is -2.19. The molecule has 1 aliphatic rings. The minimum atomic E-state index is 0.661. The van der Waals surface area contributed by atoms with Crippen LogP contribution in [0.5, 0.6) is 0 Å². The predicted octanol–water partition coefficient (Wildman–Crippen LogP) is 2.89. The van der Waals surface area contributed by atoms with Gasteiger partial charge in [0.15, 0.2) is 0 Å². The van der Waals surface area contributed by atoms with Crippen molar-refractivity contribution in [2.45, 2.75) is 46.1 Å². The van der Waals surface area contributed by atoms with E-state index in [1.54, 1.807) is 0 Å². The Morgan fingerprint density at radius 1 is 1.24 bits per heavy atom. The maximum absolute atomic E-state index is 4.58. The zero-order valence-electron chi connectivity index (χ0n) is 13.0. The molecule has 0 unspecified atom stereocenters. The first kappa shape index (κ1) is 14.3.